The van der Waals surface area contributed by atoms with Gasteiger partial charge < -0.3 is 5.73 Å². The summed E-state index contributed by atoms with van der Waals surface area (Å²) < 4.78 is 40.5. The maximum absolute atomic E-state index is 13.3. The van der Waals surface area contributed by atoms with E-state index in [0.29, 0.717) is 0 Å². The largest absolute Gasteiger partial charge is 0.368 e. The molecular formula is C17H17FN2O3S. The number of primary amides is 1. The van der Waals surface area contributed by atoms with E-state index in [1.807, 2.05) is 24.3 Å². The lowest BCUT2D eigenvalue weighted by molar-refractivity contribution is -0.122. The minimum Gasteiger partial charge on any atom is -0.368 e. The zero-order valence-corrected chi connectivity index (χ0v) is 13.9. The number of hydrogen-bond acceptors (Lipinski definition) is 3. The number of nitrogens with two attached hydrogens (primary N) is 1. The Morgan fingerprint density at radius 1 is 1.21 bits per heavy atom. The Labute approximate surface area is 139 Å². The van der Waals surface area contributed by atoms with E-state index in [0.717, 1.165) is 27.6 Å². The van der Waals surface area contributed by atoms with Gasteiger partial charge in [-0.25, -0.2) is 12.8 Å². The van der Waals surface area contributed by atoms with Gasteiger partial charge in [0.05, 0.1) is 4.90 Å². The van der Waals surface area contributed by atoms with Gasteiger partial charge in [-0.2, -0.15) is 4.31 Å². The zero-order valence-electron chi connectivity index (χ0n) is 13.1. The number of fused-ring (bicyclic) bond motifs is 1. The molecule has 0 fully saturated rings. The molecule has 0 unspecified atom stereocenters. The van der Waals surface area contributed by atoms with Crippen LogP contribution in [0.2, 0.25) is 0 Å². The molecule has 0 spiro atoms. The van der Waals surface area contributed by atoms with Crippen LogP contribution in [0.15, 0.2) is 47.4 Å². The number of aryl methyl sites for hydroxylation is 1. The second kappa shape index (κ2) is 5.99. The maximum Gasteiger partial charge on any atom is 0.244 e. The van der Waals surface area contributed by atoms with Crippen LogP contribution in [0.1, 0.15) is 16.7 Å². The lowest BCUT2D eigenvalue weighted by Crippen LogP contribution is -2.51. The van der Waals surface area contributed by atoms with Crippen LogP contribution < -0.4 is 5.73 Å². The highest BCUT2D eigenvalue weighted by Gasteiger charge is 2.39. The Balaban J connectivity index is 2.10. The highest BCUT2D eigenvalue weighted by molar-refractivity contribution is 7.89. The molecule has 0 aromatic heterocycles. The topological polar surface area (TPSA) is 80.5 Å². The monoisotopic (exact) mass is 348 g/mol. The molecule has 1 amide bonds. The van der Waals surface area contributed by atoms with E-state index in [-0.39, 0.29) is 23.4 Å². The van der Waals surface area contributed by atoms with Gasteiger partial charge >= 0.3 is 0 Å². The van der Waals surface area contributed by atoms with E-state index in [4.69, 9.17) is 5.73 Å². The quantitative estimate of drug-likeness (QED) is 0.917. The van der Waals surface area contributed by atoms with Crippen molar-refractivity contribution in [3.8, 4) is 0 Å². The van der Waals surface area contributed by atoms with Gasteiger partial charge in [-0.3, -0.25) is 4.79 Å². The zero-order chi connectivity index (χ0) is 17.5. The molecule has 24 heavy (non-hydrogen) atoms. The van der Waals surface area contributed by atoms with Crippen LogP contribution in [0.25, 0.3) is 0 Å². The van der Waals surface area contributed by atoms with E-state index >= 15 is 0 Å². The van der Waals surface area contributed by atoms with E-state index < -0.39 is 27.8 Å². The number of nitrogens with zero attached hydrogens (tertiary/aromatic N) is 1. The Bertz CT molecular complexity index is 912. The lowest BCUT2D eigenvalue weighted by Gasteiger charge is -2.34. The fourth-order valence-electron chi connectivity index (χ4n) is 3.02. The van der Waals surface area contributed by atoms with Crippen molar-refractivity contribution < 1.29 is 17.6 Å². The minimum atomic E-state index is -3.98. The molecule has 2 N–H and O–H groups in total. The van der Waals surface area contributed by atoms with E-state index in [9.17, 15) is 17.6 Å². The average Bonchev–Trinajstić information content (AvgIpc) is 2.53. The van der Waals surface area contributed by atoms with Crippen molar-refractivity contribution >= 4 is 15.9 Å². The second-order valence-corrected chi connectivity index (χ2v) is 7.71. The summed E-state index contributed by atoms with van der Waals surface area (Å²) >= 11 is 0. The number of rotatable bonds is 3. The highest BCUT2D eigenvalue weighted by Crippen LogP contribution is 2.30. The molecular weight excluding hydrogens is 331 g/mol. The third-order valence-corrected chi connectivity index (χ3v) is 6.27. The molecule has 0 bridgehead atoms. The fraction of sp³-hybridized carbons (Fsp3) is 0.235. The van der Waals surface area contributed by atoms with Gasteiger partial charge in [-0.1, -0.05) is 24.3 Å². The summed E-state index contributed by atoms with van der Waals surface area (Å²) in [6.45, 7) is 1.58. The predicted octanol–water partition coefficient (Wildman–Crippen LogP) is 1.74. The summed E-state index contributed by atoms with van der Waals surface area (Å²) in [6, 6.07) is 9.85. The lowest BCUT2D eigenvalue weighted by atomic mass is 9.96. The predicted molar refractivity (Wildman–Crippen MR) is 87.0 cm³/mol. The molecule has 3 rings (SSSR count). The summed E-state index contributed by atoms with van der Waals surface area (Å²) in [5, 5.41) is 0. The Morgan fingerprint density at radius 3 is 2.50 bits per heavy atom. The summed E-state index contributed by atoms with van der Waals surface area (Å²) in [5.41, 5.74) is 7.47. The van der Waals surface area contributed by atoms with Crippen LogP contribution in [0, 0.1) is 12.7 Å². The van der Waals surface area contributed by atoms with Crippen molar-refractivity contribution in [1.82, 2.24) is 4.31 Å². The van der Waals surface area contributed by atoms with Crippen LogP contribution in [-0.2, 0) is 27.8 Å². The first kappa shape index (κ1) is 16.6. The molecule has 5 nitrogen and oxygen atoms in total. The van der Waals surface area contributed by atoms with E-state index in [1.54, 1.807) is 0 Å². The molecule has 0 aliphatic carbocycles. The molecule has 0 saturated carbocycles. The molecule has 126 valence electrons. The minimum absolute atomic E-state index is 0.0190. The Morgan fingerprint density at radius 2 is 1.88 bits per heavy atom. The normalized spacial score (nSPS) is 18.2. The first-order valence-electron chi connectivity index (χ1n) is 7.45. The van der Waals surface area contributed by atoms with Crippen LogP contribution >= 0.6 is 0 Å². The average molecular weight is 348 g/mol. The van der Waals surface area contributed by atoms with Gasteiger partial charge in [0.25, 0.3) is 0 Å². The molecule has 0 saturated heterocycles. The summed E-state index contributed by atoms with van der Waals surface area (Å²) in [7, 11) is -3.98. The molecule has 7 heteroatoms. The van der Waals surface area contributed by atoms with Gasteiger partial charge in [-0.05, 0) is 48.2 Å². The van der Waals surface area contributed by atoms with Gasteiger partial charge in [0.15, 0.2) is 0 Å². The number of hydrogen-bond donors (Lipinski definition) is 1. The highest BCUT2D eigenvalue weighted by atomic mass is 32.2. The van der Waals surface area contributed by atoms with Crippen LogP contribution in [-0.4, -0.2) is 24.7 Å². The third-order valence-electron chi connectivity index (χ3n) is 4.26. The van der Waals surface area contributed by atoms with Crippen molar-refractivity contribution in [2.45, 2.75) is 30.8 Å². The molecule has 0 radical (unpaired) electrons. The number of benzene rings is 2. The van der Waals surface area contributed by atoms with Gasteiger partial charge in [0.2, 0.25) is 15.9 Å². The molecule has 1 atom stereocenters. The Hall–Kier alpha value is -2.25. The Kier molecular flexibility index (Phi) is 4.15. The van der Waals surface area contributed by atoms with Crippen molar-refractivity contribution in [2.24, 2.45) is 5.73 Å². The second-order valence-electron chi connectivity index (χ2n) is 5.85. The van der Waals surface area contributed by atoms with Gasteiger partial charge in [0, 0.05) is 6.54 Å². The van der Waals surface area contributed by atoms with Gasteiger partial charge in [-0.15, -0.1) is 0 Å². The molecule has 1 aliphatic rings. The van der Waals surface area contributed by atoms with Crippen LogP contribution in [0.4, 0.5) is 4.39 Å². The van der Waals surface area contributed by atoms with Crippen molar-refractivity contribution in [2.75, 3.05) is 0 Å². The van der Waals surface area contributed by atoms with E-state index in [1.165, 1.54) is 13.0 Å². The SMILES string of the molecule is Cc1cc(F)ccc1S(=O)(=O)N1Cc2ccccc2C[C@H]1C(N)=O. The van der Waals surface area contributed by atoms with Crippen LogP contribution in [0.3, 0.4) is 0 Å². The summed E-state index contributed by atoms with van der Waals surface area (Å²) in [4.78, 5) is 11.8. The summed E-state index contributed by atoms with van der Waals surface area (Å²) in [5.74, 6) is -1.21. The number of carbonyl (C=O) groups excluding carboxylic acids is 1. The molecule has 1 heterocycles. The first-order valence-corrected chi connectivity index (χ1v) is 8.89. The molecule has 1 aliphatic heterocycles. The number of carbonyl (C=O) groups is 1. The summed E-state index contributed by atoms with van der Waals surface area (Å²) in [6.07, 6.45) is 0.227. The van der Waals surface area contributed by atoms with Gasteiger partial charge in [0.1, 0.15) is 11.9 Å². The fourth-order valence-corrected chi connectivity index (χ4v) is 4.80. The molecule has 2 aromatic rings. The standard InChI is InChI=1S/C17H17FN2O3S/c1-11-8-14(18)6-7-16(11)24(22,23)20-10-13-5-3-2-4-12(13)9-15(20)17(19)21/h2-8,15H,9-10H2,1H3,(H2,19,21)/t15-/m0/s1. The third kappa shape index (κ3) is 2.81. The maximum atomic E-state index is 13.3. The van der Waals surface area contributed by atoms with Crippen LogP contribution in [0.5, 0.6) is 0 Å². The van der Waals surface area contributed by atoms with Crippen molar-refractivity contribution in [3.05, 3.63) is 65.0 Å². The first-order chi connectivity index (χ1) is 11.3. The smallest absolute Gasteiger partial charge is 0.244 e. The number of halogens is 1. The van der Waals surface area contributed by atoms with E-state index in [2.05, 4.69) is 0 Å². The van der Waals surface area contributed by atoms with Crippen molar-refractivity contribution in [1.29, 1.82) is 0 Å². The molecule has 2 aromatic carbocycles. The number of amides is 1. The number of sulfonamides is 1. The van der Waals surface area contributed by atoms with Crippen molar-refractivity contribution in [3.63, 3.8) is 0 Å².